The molecule has 1 aromatic heterocycles. The van der Waals surface area contributed by atoms with E-state index in [9.17, 15) is 4.79 Å². The fraction of sp³-hybridized carbons (Fsp3) is 0.625. The van der Waals surface area contributed by atoms with Gasteiger partial charge in [0, 0.05) is 37.5 Å². The molecule has 5 nitrogen and oxygen atoms in total. The standard InChI is InChI=1S/C16H28N4OS/c1-5-17-16(19-12-14-13(4)9-11-22-14)18-10-8-15(21)20(6-2)7-3/h9,11H,5-8,10,12H2,1-4H3,(H2,17,18,19). The lowest BCUT2D eigenvalue weighted by Crippen LogP contribution is -2.40. The molecular weight excluding hydrogens is 296 g/mol. The van der Waals surface area contributed by atoms with E-state index in [1.807, 2.05) is 25.7 Å². The average molecular weight is 324 g/mol. The summed E-state index contributed by atoms with van der Waals surface area (Å²) in [6, 6.07) is 2.11. The number of hydrogen-bond acceptors (Lipinski definition) is 3. The first kappa shape index (κ1) is 18.5. The summed E-state index contributed by atoms with van der Waals surface area (Å²) in [6.07, 6.45) is 0.490. The van der Waals surface area contributed by atoms with Gasteiger partial charge in [0.2, 0.25) is 5.91 Å². The molecule has 0 aliphatic carbocycles. The molecule has 0 aliphatic heterocycles. The first-order chi connectivity index (χ1) is 10.6. The largest absolute Gasteiger partial charge is 0.357 e. The molecule has 0 saturated heterocycles. The highest BCUT2D eigenvalue weighted by Crippen LogP contribution is 2.16. The molecule has 124 valence electrons. The number of rotatable bonds is 8. The zero-order valence-corrected chi connectivity index (χ0v) is 14.9. The van der Waals surface area contributed by atoms with Crippen LogP contribution in [0.15, 0.2) is 16.4 Å². The third-order valence-corrected chi connectivity index (χ3v) is 4.45. The van der Waals surface area contributed by atoms with Crippen LogP contribution in [-0.4, -0.2) is 42.9 Å². The van der Waals surface area contributed by atoms with Crippen LogP contribution in [0, 0.1) is 6.92 Å². The third-order valence-electron chi connectivity index (χ3n) is 3.44. The second kappa shape index (κ2) is 10.2. The average Bonchev–Trinajstić information content (AvgIpc) is 2.91. The maximum atomic E-state index is 12.0. The van der Waals surface area contributed by atoms with Crippen LogP contribution in [0.25, 0.3) is 0 Å². The minimum atomic E-state index is 0.183. The van der Waals surface area contributed by atoms with Gasteiger partial charge in [-0.25, -0.2) is 4.99 Å². The first-order valence-corrected chi connectivity index (χ1v) is 8.83. The Labute approximate surface area is 137 Å². The van der Waals surface area contributed by atoms with Crippen LogP contribution in [-0.2, 0) is 11.3 Å². The topological polar surface area (TPSA) is 56.7 Å². The molecule has 0 radical (unpaired) electrons. The molecular formula is C16H28N4OS. The zero-order valence-electron chi connectivity index (χ0n) is 14.1. The Bertz CT molecular complexity index is 480. The van der Waals surface area contributed by atoms with Crippen molar-refractivity contribution in [1.82, 2.24) is 15.5 Å². The summed E-state index contributed by atoms with van der Waals surface area (Å²) >= 11 is 1.72. The lowest BCUT2D eigenvalue weighted by Gasteiger charge is -2.19. The van der Waals surface area contributed by atoms with Gasteiger partial charge in [-0.1, -0.05) is 0 Å². The second-order valence-electron chi connectivity index (χ2n) is 4.96. The number of aliphatic imine (C=N–C) groups is 1. The van der Waals surface area contributed by atoms with Crippen molar-refractivity contribution in [3.8, 4) is 0 Å². The number of amides is 1. The summed E-state index contributed by atoms with van der Waals surface area (Å²) in [7, 11) is 0. The van der Waals surface area contributed by atoms with Crippen LogP contribution < -0.4 is 10.6 Å². The summed E-state index contributed by atoms with van der Waals surface area (Å²) in [6.45, 7) is 11.8. The van der Waals surface area contributed by atoms with E-state index in [4.69, 9.17) is 0 Å². The summed E-state index contributed by atoms with van der Waals surface area (Å²) < 4.78 is 0. The van der Waals surface area contributed by atoms with Crippen LogP contribution in [0.1, 0.15) is 37.6 Å². The molecule has 0 unspecified atom stereocenters. The summed E-state index contributed by atoms with van der Waals surface area (Å²) in [5.74, 6) is 0.949. The van der Waals surface area contributed by atoms with Crippen LogP contribution in [0.3, 0.4) is 0 Å². The maximum absolute atomic E-state index is 12.0. The van der Waals surface area contributed by atoms with Crippen molar-refractivity contribution in [3.05, 3.63) is 21.9 Å². The second-order valence-corrected chi connectivity index (χ2v) is 5.97. The van der Waals surface area contributed by atoms with Crippen LogP contribution in [0.5, 0.6) is 0 Å². The smallest absolute Gasteiger partial charge is 0.224 e. The maximum Gasteiger partial charge on any atom is 0.224 e. The summed E-state index contributed by atoms with van der Waals surface area (Å²) in [5.41, 5.74) is 1.28. The lowest BCUT2D eigenvalue weighted by atomic mass is 10.3. The number of nitrogens with one attached hydrogen (secondary N) is 2. The highest BCUT2D eigenvalue weighted by Gasteiger charge is 2.09. The Morgan fingerprint density at radius 2 is 2.00 bits per heavy atom. The first-order valence-electron chi connectivity index (χ1n) is 7.95. The quantitative estimate of drug-likeness (QED) is 0.570. The van der Waals surface area contributed by atoms with Crippen molar-refractivity contribution < 1.29 is 4.79 Å². The van der Waals surface area contributed by atoms with Crippen LogP contribution >= 0.6 is 11.3 Å². The fourth-order valence-electron chi connectivity index (χ4n) is 2.08. The molecule has 22 heavy (non-hydrogen) atoms. The van der Waals surface area contributed by atoms with E-state index in [1.54, 1.807) is 11.3 Å². The van der Waals surface area contributed by atoms with Gasteiger partial charge in [0.05, 0.1) is 6.54 Å². The Morgan fingerprint density at radius 3 is 2.55 bits per heavy atom. The fourth-order valence-corrected chi connectivity index (χ4v) is 2.91. The summed E-state index contributed by atoms with van der Waals surface area (Å²) in [5, 5.41) is 8.53. The van der Waals surface area contributed by atoms with Crippen molar-refractivity contribution in [3.63, 3.8) is 0 Å². The van der Waals surface area contributed by atoms with E-state index in [1.165, 1.54) is 10.4 Å². The Balaban J connectivity index is 2.47. The molecule has 0 aromatic carbocycles. The van der Waals surface area contributed by atoms with Crippen LogP contribution in [0.4, 0.5) is 0 Å². The molecule has 1 rings (SSSR count). The molecule has 1 heterocycles. The summed E-state index contributed by atoms with van der Waals surface area (Å²) in [4.78, 5) is 19.7. The molecule has 0 spiro atoms. The lowest BCUT2D eigenvalue weighted by molar-refractivity contribution is -0.130. The number of hydrogen-bond donors (Lipinski definition) is 2. The third kappa shape index (κ3) is 6.05. The van der Waals surface area contributed by atoms with Crippen molar-refractivity contribution in [2.75, 3.05) is 26.2 Å². The zero-order chi connectivity index (χ0) is 16.4. The molecule has 0 bridgehead atoms. The van der Waals surface area contributed by atoms with E-state index < -0.39 is 0 Å². The minimum Gasteiger partial charge on any atom is -0.357 e. The van der Waals surface area contributed by atoms with Gasteiger partial charge in [0.1, 0.15) is 0 Å². The molecule has 0 atom stereocenters. The Morgan fingerprint density at radius 1 is 1.27 bits per heavy atom. The molecule has 0 saturated carbocycles. The van der Waals surface area contributed by atoms with E-state index >= 15 is 0 Å². The molecule has 6 heteroatoms. The Kier molecular flexibility index (Phi) is 8.58. The number of aryl methyl sites for hydroxylation is 1. The van der Waals surface area contributed by atoms with E-state index in [2.05, 4.69) is 34.0 Å². The van der Waals surface area contributed by atoms with Gasteiger partial charge in [-0.2, -0.15) is 0 Å². The SMILES string of the molecule is CCNC(=NCc1sccc1C)NCCC(=O)N(CC)CC. The van der Waals surface area contributed by atoms with Gasteiger partial charge in [-0.15, -0.1) is 11.3 Å². The Hall–Kier alpha value is -1.56. The van der Waals surface area contributed by atoms with E-state index in [0.717, 1.165) is 25.6 Å². The molecule has 2 N–H and O–H groups in total. The monoisotopic (exact) mass is 324 g/mol. The highest BCUT2D eigenvalue weighted by molar-refractivity contribution is 7.10. The molecule has 1 aromatic rings. The molecule has 1 amide bonds. The molecule has 0 fully saturated rings. The van der Waals surface area contributed by atoms with Gasteiger partial charge in [0.15, 0.2) is 5.96 Å². The van der Waals surface area contributed by atoms with Gasteiger partial charge in [-0.3, -0.25) is 4.79 Å². The number of guanidine groups is 1. The highest BCUT2D eigenvalue weighted by atomic mass is 32.1. The van der Waals surface area contributed by atoms with E-state index in [-0.39, 0.29) is 5.91 Å². The van der Waals surface area contributed by atoms with Gasteiger partial charge in [0.25, 0.3) is 0 Å². The normalized spacial score (nSPS) is 11.4. The van der Waals surface area contributed by atoms with Crippen molar-refractivity contribution in [1.29, 1.82) is 0 Å². The number of carbonyl (C=O) groups is 1. The van der Waals surface area contributed by atoms with Crippen molar-refractivity contribution in [2.24, 2.45) is 4.99 Å². The van der Waals surface area contributed by atoms with Gasteiger partial charge in [-0.05, 0) is 44.7 Å². The number of nitrogens with zero attached hydrogens (tertiary/aromatic N) is 2. The molecule has 0 aliphatic rings. The van der Waals surface area contributed by atoms with Crippen molar-refractivity contribution in [2.45, 2.75) is 40.7 Å². The van der Waals surface area contributed by atoms with Crippen molar-refractivity contribution >= 4 is 23.2 Å². The van der Waals surface area contributed by atoms with Gasteiger partial charge < -0.3 is 15.5 Å². The predicted molar refractivity (Wildman–Crippen MR) is 94.4 cm³/mol. The van der Waals surface area contributed by atoms with Crippen LogP contribution in [0.2, 0.25) is 0 Å². The number of carbonyl (C=O) groups excluding carboxylic acids is 1. The predicted octanol–water partition coefficient (Wildman–Crippen LogP) is 2.37. The number of thiophene rings is 1. The van der Waals surface area contributed by atoms with E-state index in [0.29, 0.717) is 19.5 Å². The van der Waals surface area contributed by atoms with Gasteiger partial charge >= 0.3 is 0 Å². The minimum absolute atomic E-state index is 0.183.